The average molecular weight is 413 g/mol. The second-order valence-corrected chi connectivity index (χ2v) is 5.99. The molecule has 0 fully saturated rings. The average Bonchev–Trinajstić information content (AvgIpc) is 3.12. The third-order valence-electron chi connectivity index (χ3n) is 3.50. The highest BCUT2D eigenvalue weighted by atomic mass is 19.4. The summed E-state index contributed by atoms with van der Waals surface area (Å²) in [6.07, 6.45) is -3.09. The zero-order chi connectivity index (χ0) is 21.4. The van der Waals surface area contributed by atoms with Crippen LogP contribution in [0, 0.1) is 6.92 Å². The zero-order valence-electron chi connectivity index (χ0n) is 15.3. The molecule has 0 unspecified atom stereocenters. The van der Waals surface area contributed by atoms with Gasteiger partial charge in [0.15, 0.2) is 18.3 Å². The fraction of sp³-hybridized carbons (Fsp3) is 0.333. The summed E-state index contributed by atoms with van der Waals surface area (Å²) in [4.78, 5) is 38.2. The maximum Gasteiger partial charge on any atom is 0.405 e. The molecule has 1 aromatic carbocycles. The van der Waals surface area contributed by atoms with Crippen LogP contribution in [0.4, 0.5) is 18.0 Å². The second-order valence-electron chi connectivity index (χ2n) is 5.99. The zero-order valence-corrected chi connectivity index (χ0v) is 15.3. The second kappa shape index (κ2) is 9.71. The van der Waals surface area contributed by atoms with Crippen molar-refractivity contribution < 1.29 is 36.7 Å². The lowest BCUT2D eigenvalue weighted by atomic mass is 10.1. The highest BCUT2D eigenvalue weighted by Crippen LogP contribution is 2.21. The number of nitrogens with zero attached hydrogens (tertiary/aromatic N) is 1. The van der Waals surface area contributed by atoms with E-state index in [-0.39, 0.29) is 12.8 Å². The van der Waals surface area contributed by atoms with E-state index in [1.165, 1.54) is 11.5 Å². The molecule has 2 rings (SSSR count). The Bertz CT molecular complexity index is 862. The number of alkyl halides is 3. The molecule has 2 aromatic rings. The van der Waals surface area contributed by atoms with Gasteiger partial charge in [0.1, 0.15) is 6.54 Å². The molecule has 0 aliphatic heterocycles. The molecule has 0 aliphatic rings. The number of ether oxygens (including phenoxy) is 1. The number of halogens is 3. The molecule has 0 saturated heterocycles. The molecule has 1 aromatic heterocycles. The van der Waals surface area contributed by atoms with E-state index in [0.717, 1.165) is 11.1 Å². The molecule has 1 heterocycles. The van der Waals surface area contributed by atoms with Gasteiger partial charge in [0.05, 0.1) is 12.6 Å². The van der Waals surface area contributed by atoms with E-state index in [9.17, 15) is 27.6 Å². The number of carbonyl (C=O) groups excluding carboxylic acids is 3. The number of benzene rings is 1. The number of carbonyl (C=O) groups is 3. The summed E-state index contributed by atoms with van der Waals surface area (Å²) < 4.78 is 46.0. The van der Waals surface area contributed by atoms with Crippen LogP contribution in [0.15, 0.2) is 34.9 Å². The number of aromatic nitrogens is 1. The lowest BCUT2D eigenvalue weighted by Gasteiger charge is -2.09. The number of hydrogen-bond donors (Lipinski definition) is 2. The minimum absolute atomic E-state index is 0.123. The maximum absolute atomic E-state index is 11.9. The fourth-order valence-corrected chi connectivity index (χ4v) is 2.09. The maximum atomic E-state index is 11.9. The molecule has 8 nitrogen and oxygen atoms in total. The molecule has 0 aliphatic carbocycles. The Hall–Kier alpha value is -3.37. The smallest absolute Gasteiger partial charge is 0.405 e. The highest BCUT2D eigenvalue weighted by molar-refractivity contribution is 5.95. The number of urea groups is 1. The Morgan fingerprint density at radius 3 is 2.52 bits per heavy atom. The summed E-state index contributed by atoms with van der Waals surface area (Å²) in [6, 6.07) is 6.24. The number of imide groups is 1. The van der Waals surface area contributed by atoms with Crippen LogP contribution in [0.5, 0.6) is 0 Å². The molecule has 11 heteroatoms. The van der Waals surface area contributed by atoms with Crippen LogP contribution < -0.4 is 10.6 Å². The highest BCUT2D eigenvalue weighted by Gasteiger charge is 2.28. The Labute approximate surface area is 163 Å². The molecule has 156 valence electrons. The van der Waals surface area contributed by atoms with Gasteiger partial charge in [0, 0.05) is 12.0 Å². The van der Waals surface area contributed by atoms with Gasteiger partial charge in [-0.2, -0.15) is 13.2 Å². The van der Waals surface area contributed by atoms with E-state index in [1.54, 1.807) is 5.32 Å². The summed E-state index contributed by atoms with van der Waals surface area (Å²) in [5.41, 5.74) is 1.93. The van der Waals surface area contributed by atoms with Crippen LogP contribution in [0.1, 0.15) is 17.9 Å². The number of oxazole rings is 1. The monoisotopic (exact) mass is 413 g/mol. The van der Waals surface area contributed by atoms with Crippen molar-refractivity contribution in [1.29, 1.82) is 0 Å². The van der Waals surface area contributed by atoms with E-state index in [2.05, 4.69) is 9.72 Å². The SMILES string of the molecule is Cc1ccc(-c2cnc(CCC(=O)OCC(=O)NC(=O)NCC(F)(F)F)o2)cc1. The number of esters is 1. The number of aryl methyl sites for hydroxylation is 2. The Kier molecular flexibility index (Phi) is 7.34. The molecule has 0 radical (unpaired) electrons. The van der Waals surface area contributed by atoms with Gasteiger partial charge in [0.2, 0.25) is 0 Å². The Morgan fingerprint density at radius 1 is 1.17 bits per heavy atom. The van der Waals surface area contributed by atoms with Gasteiger partial charge in [-0.3, -0.25) is 14.9 Å². The molecular formula is C18H18F3N3O5. The largest absolute Gasteiger partial charge is 0.456 e. The molecule has 2 N–H and O–H groups in total. The Balaban J connectivity index is 1.70. The van der Waals surface area contributed by atoms with Gasteiger partial charge in [0.25, 0.3) is 5.91 Å². The molecule has 0 spiro atoms. The summed E-state index contributed by atoms with van der Waals surface area (Å²) in [5.74, 6) is -0.979. The Morgan fingerprint density at radius 2 is 1.86 bits per heavy atom. The van der Waals surface area contributed by atoms with Crippen LogP contribution >= 0.6 is 0 Å². The molecular weight excluding hydrogens is 395 g/mol. The topological polar surface area (TPSA) is 111 Å². The molecule has 0 bridgehead atoms. The van der Waals surface area contributed by atoms with E-state index < -0.39 is 37.2 Å². The molecule has 0 saturated carbocycles. The van der Waals surface area contributed by atoms with Gasteiger partial charge < -0.3 is 14.5 Å². The normalized spacial score (nSPS) is 11.0. The van der Waals surface area contributed by atoms with E-state index in [0.29, 0.717) is 11.7 Å². The molecule has 3 amide bonds. The van der Waals surface area contributed by atoms with Gasteiger partial charge in [-0.05, 0) is 6.92 Å². The standard InChI is InChI=1S/C18H18F3N3O5/c1-11-2-4-12(5-3-11)13-8-22-15(29-13)6-7-16(26)28-9-14(25)24-17(27)23-10-18(19,20)21/h2-5,8H,6-7,9-10H2,1H3,(H2,23,24,25,27). The van der Waals surface area contributed by atoms with Crippen molar-refractivity contribution in [2.24, 2.45) is 0 Å². The quantitative estimate of drug-likeness (QED) is 0.675. The first kappa shape index (κ1) is 21.9. The van der Waals surface area contributed by atoms with Gasteiger partial charge in [-0.15, -0.1) is 0 Å². The summed E-state index contributed by atoms with van der Waals surface area (Å²) in [5, 5.41) is 3.06. The van der Waals surface area contributed by atoms with E-state index in [4.69, 9.17) is 4.42 Å². The van der Waals surface area contributed by atoms with Crippen LogP contribution in [0.2, 0.25) is 0 Å². The molecule has 29 heavy (non-hydrogen) atoms. The van der Waals surface area contributed by atoms with Crippen molar-refractivity contribution in [3.63, 3.8) is 0 Å². The number of amides is 3. The summed E-state index contributed by atoms with van der Waals surface area (Å²) in [7, 11) is 0. The summed E-state index contributed by atoms with van der Waals surface area (Å²) in [6.45, 7) is -0.443. The van der Waals surface area contributed by atoms with Crippen molar-refractivity contribution in [3.8, 4) is 11.3 Å². The predicted octanol–water partition coefficient (Wildman–Crippen LogP) is 2.51. The number of hydrogen-bond acceptors (Lipinski definition) is 6. The van der Waals surface area contributed by atoms with Crippen LogP contribution in [0.3, 0.4) is 0 Å². The predicted molar refractivity (Wildman–Crippen MR) is 93.6 cm³/mol. The molecule has 0 atom stereocenters. The number of nitrogens with one attached hydrogen (secondary N) is 2. The van der Waals surface area contributed by atoms with Crippen molar-refractivity contribution in [2.45, 2.75) is 25.9 Å². The van der Waals surface area contributed by atoms with Crippen LogP contribution in [-0.4, -0.2) is 42.2 Å². The first-order chi connectivity index (χ1) is 13.6. The fourth-order valence-electron chi connectivity index (χ4n) is 2.09. The van der Waals surface area contributed by atoms with Crippen LogP contribution in [-0.2, 0) is 20.7 Å². The van der Waals surface area contributed by atoms with E-state index in [1.807, 2.05) is 31.2 Å². The number of rotatable bonds is 7. The third kappa shape index (κ3) is 8.03. The van der Waals surface area contributed by atoms with Gasteiger partial charge in [-0.25, -0.2) is 9.78 Å². The van der Waals surface area contributed by atoms with Crippen LogP contribution in [0.25, 0.3) is 11.3 Å². The van der Waals surface area contributed by atoms with Crippen molar-refractivity contribution in [1.82, 2.24) is 15.6 Å². The minimum Gasteiger partial charge on any atom is -0.456 e. The first-order valence-corrected chi connectivity index (χ1v) is 8.44. The summed E-state index contributed by atoms with van der Waals surface area (Å²) >= 11 is 0. The lowest BCUT2D eigenvalue weighted by Crippen LogP contribution is -2.44. The van der Waals surface area contributed by atoms with E-state index >= 15 is 0 Å². The first-order valence-electron chi connectivity index (χ1n) is 8.44. The lowest BCUT2D eigenvalue weighted by molar-refractivity contribution is -0.148. The van der Waals surface area contributed by atoms with Crippen molar-refractivity contribution in [3.05, 3.63) is 41.9 Å². The van der Waals surface area contributed by atoms with Gasteiger partial charge >= 0.3 is 18.2 Å². The van der Waals surface area contributed by atoms with Gasteiger partial charge in [-0.1, -0.05) is 29.8 Å². The van der Waals surface area contributed by atoms with Crippen molar-refractivity contribution in [2.75, 3.05) is 13.2 Å². The minimum atomic E-state index is -4.61. The third-order valence-corrected chi connectivity index (χ3v) is 3.50. The van der Waals surface area contributed by atoms with Crippen molar-refractivity contribution >= 4 is 17.9 Å².